The Kier molecular flexibility index (Phi) is 5.33. The van der Waals surface area contributed by atoms with Crippen LogP contribution in [0.25, 0.3) is 10.2 Å². The molecule has 1 amide bonds. The number of amides is 1. The Morgan fingerprint density at radius 1 is 1.43 bits per heavy atom. The number of fused-ring (bicyclic) bond motifs is 1. The summed E-state index contributed by atoms with van der Waals surface area (Å²) >= 11 is 6.86. The van der Waals surface area contributed by atoms with Crippen molar-refractivity contribution in [3.8, 4) is 0 Å². The average molecular weight is 387 g/mol. The number of hydrogen-bond donors (Lipinski definition) is 0. The summed E-state index contributed by atoms with van der Waals surface area (Å²) in [5.41, 5.74) is 0.686. The molecule has 1 aromatic carbocycles. The Morgan fingerprint density at radius 2 is 2.14 bits per heavy atom. The van der Waals surface area contributed by atoms with Gasteiger partial charge in [-0.05, 0) is 24.5 Å². The minimum absolute atomic E-state index is 0.0778. The standard InChI is InChI=1S/C15H19BrN2OS2/c1-15(2,3)13(19)17-14-18(7-8-20-4)11-6-5-10(16)9-12(11)21-14/h5-6,9H,7-8H2,1-4H3. The van der Waals surface area contributed by atoms with E-state index < -0.39 is 5.41 Å². The number of carbonyl (C=O) groups excluding carboxylic acids is 1. The van der Waals surface area contributed by atoms with Crippen LogP contribution in [0.15, 0.2) is 27.7 Å². The summed E-state index contributed by atoms with van der Waals surface area (Å²) in [6, 6.07) is 6.19. The average Bonchev–Trinajstić information content (AvgIpc) is 2.71. The van der Waals surface area contributed by atoms with E-state index in [2.05, 4.69) is 43.9 Å². The molecule has 0 aliphatic carbocycles. The fraction of sp³-hybridized carbons (Fsp3) is 0.467. The molecular weight excluding hydrogens is 368 g/mol. The highest BCUT2D eigenvalue weighted by Gasteiger charge is 2.21. The molecule has 3 nitrogen and oxygen atoms in total. The number of rotatable bonds is 3. The van der Waals surface area contributed by atoms with Gasteiger partial charge in [-0.1, -0.05) is 48.0 Å². The number of carbonyl (C=O) groups is 1. The summed E-state index contributed by atoms with van der Waals surface area (Å²) in [7, 11) is 0. The van der Waals surface area contributed by atoms with Gasteiger partial charge in [-0.2, -0.15) is 16.8 Å². The first-order chi connectivity index (χ1) is 9.82. The molecule has 0 bridgehead atoms. The van der Waals surface area contributed by atoms with Crippen LogP contribution >= 0.6 is 39.0 Å². The van der Waals surface area contributed by atoms with Gasteiger partial charge in [0.05, 0.1) is 10.2 Å². The molecule has 0 fully saturated rings. The lowest BCUT2D eigenvalue weighted by Crippen LogP contribution is -2.24. The summed E-state index contributed by atoms with van der Waals surface area (Å²) in [5.74, 6) is 0.921. The van der Waals surface area contributed by atoms with Crippen molar-refractivity contribution in [2.75, 3.05) is 12.0 Å². The molecule has 6 heteroatoms. The first-order valence-corrected chi connectivity index (χ1v) is 9.70. The molecule has 0 saturated heterocycles. The molecule has 0 N–H and O–H groups in total. The van der Waals surface area contributed by atoms with Crippen LogP contribution in [-0.4, -0.2) is 22.5 Å². The second-order valence-corrected chi connectivity index (χ2v) is 8.72. The number of thioether (sulfide) groups is 1. The molecule has 0 atom stereocenters. The van der Waals surface area contributed by atoms with E-state index in [1.54, 1.807) is 23.1 Å². The summed E-state index contributed by atoms with van der Waals surface area (Å²) in [6.45, 7) is 6.55. The Labute approximate surface area is 141 Å². The molecule has 1 aromatic heterocycles. The van der Waals surface area contributed by atoms with Gasteiger partial charge in [0, 0.05) is 22.2 Å². The summed E-state index contributed by atoms with van der Waals surface area (Å²) in [5, 5.41) is 0. The highest BCUT2D eigenvalue weighted by molar-refractivity contribution is 9.10. The predicted molar refractivity (Wildman–Crippen MR) is 95.9 cm³/mol. The monoisotopic (exact) mass is 386 g/mol. The van der Waals surface area contributed by atoms with Crippen LogP contribution in [0.1, 0.15) is 20.8 Å². The van der Waals surface area contributed by atoms with Crippen molar-refractivity contribution in [2.45, 2.75) is 27.3 Å². The van der Waals surface area contributed by atoms with Crippen molar-refractivity contribution < 1.29 is 4.79 Å². The minimum atomic E-state index is -0.450. The number of halogens is 1. The summed E-state index contributed by atoms with van der Waals surface area (Å²) in [4.78, 5) is 17.4. The number of nitrogens with zero attached hydrogens (tertiary/aromatic N) is 2. The van der Waals surface area contributed by atoms with Gasteiger partial charge in [0.15, 0.2) is 4.80 Å². The second-order valence-electron chi connectivity index (χ2n) is 5.81. The molecular formula is C15H19BrN2OS2. The summed E-state index contributed by atoms with van der Waals surface area (Å²) < 4.78 is 4.33. The lowest BCUT2D eigenvalue weighted by atomic mass is 9.96. The van der Waals surface area contributed by atoms with E-state index in [4.69, 9.17) is 0 Å². The van der Waals surface area contributed by atoms with Crippen molar-refractivity contribution in [3.05, 3.63) is 27.5 Å². The molecule has 0 unspecified atom stereocenters. The van der Waals surface area contributed by atoms with Crippen LogP contribution in [0.5, 0.6) is 0 Å². The van der Waals surface area contributed by atoms with E-state index in [0.29, 0.717) is 0 Å². The zero-order valence-electron chi connectivity index (χ0n) is 12.6. The largest absolute Gasteiger partial charge is 0.316 e. The smallest absolute Gasteiger partial charge is 0.253 e. The third kappa shape index (κ3) is 3.99. The van der Waals surface area contributed by atoms with Crippen LogP contribution < -0.4 is 4.80 Å². The third-order valence-electron chi connectivity index (χ3n) is 3.00. The number of hydrogen-bond acceptors (Lipinski definition) is 3. The molecule has 0 aliphatic heterocycles. The number of aromatic nitrogens is 1. The van der Waals surface area contributed by atoms with Gasteiger partial charge in [-0.3, -0.25) is 4.79 Å². The maximum atomic E-state index is 12.2. The maximum absolute atomic E-state index is 12.2. The van der Waals surface area contributed by atoms with Crippen LogP contribution in [0.2, 0.25) is 0 Å². The Hall–Kier alpha value is -0.590. The van der Waals surface area contributed by atoms with Crippen molar-refractivity contribution in [3.63, 3.8) is 0 Å². The molecule has 2 aromatic rings. The van der Waals surface area contributed by atoms with E-state index >= 15 is 0 Å². The molecule has 21 heavy (non-hydrogen) atoms. The van der Waals surface area contributed by atoms with E-state index in [1.807, 2.05) is 26.8 Å². The van der Waals surface area contributed by atoms with Crippen LogP contribution in [0.3, 0.4) is 0 Å². The molecule has 0 spiro atoms. The SMILES string of the molecule is CSCCn1c(=NC(=O)C(C)(C)C)sc2cc(Br)ccc21. The van der Waals surface area contributed by atoms with Crippen molar-refractivity contribution in [2.24, 2.45) is 10.4 Å². The zero-order chi connectivity index (χ0) is 15.6. The predicted octanol–water partition coefficient (Wildman–Crippen LogP) is 4.30. The Balaban J connectivity index is 2.61. The molecule has 0 saturated carbocycles. The van der Waals surface area contributed by atoms with Gasteiger partial charge < -0.3 is 4.57 Å². The third-order valence-corrected chi connectivity index (χ3v) is 5.13. The second kappa shape index (κ2) is 6.67. The fourth-order valence-electron chi connectivity index (χ4n) is 1.79. The van der Waals surface area contributed by atoms with E-state index in [1.165, 1.54) is 0 Å². The number of aryl methyl sites for hydroxylation is 1. The highest BCUT2D eigenvalue weighted by Crippen LogP contribution is 2.23. The van der Waals surface area contributed by atoms with E-state index in [-0.39, 0.29) is 5.91 Å². The van der Waals surface area contributed by atoms with Crippen molar-refractivity contribution in [1.29, 1.82) is 0 Å². The zero-order valence-corrected chi connectivity index (χ0v) is 15.9. The maximum Gasteiger partial charge on any atom is 0.253 e. The lowest BCUT2D eigenvalue weighted by Gasteiger charge is -2.12. The quantitative estimate of drug-likeness (QED) is 0.787. The van der Waals surface area contributed by atoms with Gasteiger partial charge in [0.2, 0.25) is 0 Å². The van der Waals surface area contributed by atoms with Gasteiger partial charge in [-0.25, -0.2) is 0 Å². The number of thiazole rings is 1. The Bertz CT molecular complexity index is 725. The molecule has 0 aliphatic rings. The minimum Gasteiger partial charge on any atom is -0.316 e. The topological polar surface area (TPSA) is 34.4 Å². The first kappa shape index (κ1) is 16.8. The fourth-order valence-corrected chi connectivity index (χ4v) is 3.76. The van der Waals surface area contributed by atoms with Gasteiger partial charge in [0.25, 0.3) is 5.91 Å². The van der Waals surface area contributed by atoms with Crippen LogP contribution in [0, 0.1) is 5.41 Å². The van der Waals surface area contributed by atoms with Crippen molar-refractivity contribution >= 4 is 55.2 Å². The Morgan fingerprint density at radius 3 is 2.76 bits per heavy atom. The highest BCUT2D eigenvalue weighted by atomic mass is 79.9. The van der Waals surface area contributed by atoms with Crippen molar-refractivity contribution in [1.82, 2.24) is 4.57 Å². The van der Waals surface area contributed by atoms with Gasteiger partial charge in [0.1, 0.15) is 0 Å². The molecule has 2 rings (SSSR count). The first-order valence-electron chi connectivity index (χ1n) is 6.70. The van der Waals surface area contributed by atoms with Gasteiger partial charge >= 0.3 is 0 Å². The van der Waals surface area contributed by atoms with Gasteiger partial charge in [-0.15, -0.1) is 0 Å². The van der Waals surface area contributed by atoms with E-state index in [9.17, 15) is 4.79 Å². The lowest BCUT2D eigenvalue weighted by molar-refractivity contribution is -0.125. The van der Waals surface area contributed by atoms with Crippen LogP contribution in [0.4, 0.5) is 0 Å². The molecule has 114 valence electrons. The van der Waals surface area contributed by atoms with Crippen LogP contribution in [-0.2, 0) is 11.3 Å². The molecule has 0 radical (unpaired) electrons. The molecule has 1 heterocycles. The van der Waals surface area contributed by atoms with E-state index in [0.717, 1.165) is 31.8 Å². The normalized spacial score (nSPS) is 13.1. The summed E-state index contributed by atoms with van der Waals surface area (Å²) in [6.07, 6.45) is 2.09. The number of benzene rings is 1.